The van der Waals surface area contributed by atoms with E-state index in [2.05, 4.69) is 62.3 Å². The molecule has 16 heteroatoms. The highest BCUT2D eigenvalue weighted by molar-refractivity contribution is 5.14. The van der Waals surface area contributed by atoms with Gasteiger partial charge in [-0.2, -0.15) is 0 Å². The lowest BCUT2D eigenvalue weighted by Crippen LogP contribution is -2.65. The second kappa shape index (κ2) is 41.0. The summed E-state index contributed by atoms with van der Waals surface area (Å²) in [5.74, 6) is 1.59. The molecule has 438 valence electrons. The molecule has 16 nitrogen and oxygen atoms in total. The second-order valence-corrected chi connectivity index (χ2v) is 20.2. The van der Waals surface area contributed by atoms with Gasteiger partial charge in [0, 0.05) is 65.4 Å². The Bertz CT molecular complexity index is 1500. The molecule has 0 saturated carbocycles. The molecule has 0 amide bonds. The first-order valence-corrected chi connectivity index (χ1v) is 30.0. The zero-order valence-electron chi connectivity index (χ0n) is 48.3. The molecule has 0 aliphatic carbocycles. The van der Waals surface area contributed by atoms with Crippen molar-refractivity contribution in [2.75, 3.05) is 85.9 Å². The monoisotopic (exact) mass is 1070 g/mol. The van der Waals surface area contributed by atoms with Crippen LogP contribution in [0.5, 0.6) is 0 Å². The number of rotatable bonds is 45. The van der Waals surface area contributed by atoms with Crippen molar-refractivity contribution in [3.8, 4) is 0 Å². The smallest absolute Gasteiger partial charge is 0.283 e. The minimum atomic E-state index is -0.960. The van der Waals surface area contributed by atoms with E-state index in [1.54, 1.807) is 6.26 Å². The van der Waals surface area contributed by atoms with E-state index < -0.39 is 73.6 Å². The van der Waals surface area contributed by atoms with Crippen LogP contribution in [-0.2, 0) is 75.8 Å². The zero-order valence-corrected chi connectivity index (χ0v) is 48.3. The molecule has 0 bridgehead atoms. The van der Waals surface area contributed by atoms with Crippen molar-refractivity contribution in [1.82, 2.24) is 0 Å². The van der Waals surface area contributed by atoms with Crippen molar-refractivity contribution in [1.29, 1.82) is 0 Å². The Balaban J connectivity index is 1.80. The Kier molecular flexibility index (Phi) is 35.8. The summed E-state index contributed by atoms with van der Waals surface area (Å²) in [7, 11) is 0. The maximum absolute atomic E-state index is 7.41. The lowest BCUT2D eigenvalue weighted by molar-refractivity contribution is -0.364. The molecule has 12 unspecified atom stereocenters. The maximum Gasteiger partial charge on any atom is 0.283 e. The highest BCUT2D eigenvalue weighted by Crippen LogP contribution is 2.37. The van der Waals surface area contributed by atoms with Gasteiger partial charge in [0.05, 0.1) is 33.0 Å². The van der Waals surface area contributed by atoms with Gasteiger partial charge < -0.3 is 75.8 Å². The van der Waals surface area contributed by atoms with E-state index in [-0.39, 0.29) is 12.6 Å². The SMILES string of the molecule is CCCCOCC1OC(OC2C(OCCCC)C(COCCCC)OC(OC3CCOC(COCCCC)C3OC3=CC(OCCCC)C(OCCCC)=CO3)C2OCCCC)C(OCCCC)C=C1OCCCC. The molecule has 4 aliphatic rings. The quantitative estimate of drug-likeness (QED) is 0.0532. The van der Waals surface area contributed by atoms with Crippen molar-refractivity contribution in [2.45, 2.75) is 258 Å². The fourth-order valence-corrected chi connectivity index (χ4v) is 8.73. The van der Waals surface area contributed by atoms with E-state index in [0.29, 0.717) is 97.2 Å². The van der Waals surface area contributed by atoms with Crippen LogP contribution in [0.2, 0.25) is 0 Å². The van der Waals surface area contributed by atoms with E-state index in [1.165, 1.54) is 0 Å². The molecular formula is C59H106O16. The average molecular weight is 1070 g/mol. The first kappa shape index (κ1) is 65.5. The maximum atomic E-state index is 7.41. The molecule has 0 aromatic heterocycles. The number of hydrogen-bond donors (Lipinski definition) is 0. The first-order chi connectivity index (χ1) is 36.9. The second-order valence-electron chi connectivity index (χ2n) is 20.2. The number of ether oxygens (including phenoxy) is 16. The van der Waals surface area contributed by atoms with Crippen LogP contribution in [0.3, 0.4) is 0 Å². The number of unbranched alkanes of at least 4 members (excludes halogenated alkanes) is 9. The van der Waals surface area contributed by atoms with Gasteiger partial charge in [0.1, 0.15) is 67.0 Å². The van der Waals surface area contributed by atoms with Gasteiger partial charge in [-0.05, 0) is 63.9 Å². The molecule has 2 fully saturated rings. The third-order valence-electron chi connectivity index (χ3n) is 13.5. The largest absolute Gasteiger partial charge is 0.495 e. The van der Waals surface area contributed by atoms with Gasteiger partial charge in [0.15, 0.2) is 24.4 Å². The average Bonchev–Trinajstić information content (AvgIpc) is 3.41. The van der Waals surface area contributed by atoms with Gasteiger partial charge >= 0.3 is 0 Å². The van der Waals surface area contributed by atoms with Crippen LogP contribution < -0.4 is 0 Å². The summed E-state index contributed by atoms with van der Waals surface area (Å²) < 4.78 is 107. The van der Waals surface area contributed by atoms with Crippen molar-refractivity contribution in [2.24, 2.45) is 0 Å². The first-order valence-electron chi connectivity index (χ1n) is 30.0. The van der Waals surface area contributed by atoms with Crippen molar-refractivity contribution < 1.29 is 75.8 Å². The van der Waals surface area contributed by atoms with Crippen LogP contribution >= 0.6 is 0 Å². The fraction of sp³-hybridized carbons (Fsp3) is 0.898. The van der Waals surface area contributed by atoms with Crippen LogP contribution in [0.4, 0.5) is 0 Å². The molecular weight excluding hydrogens is 965 g/mol. The Hall–Kier alpha value is -2.06. The lowest BCUT2D eigenvalue weighted by atomic mass is 9.96. The molecule has 2 saturated heterocycles. The third kappa shape index (κ3) is 24.1. The molecule has 4 aliphatic heterocycles. The summed E-state index contributed by atoms with van der Waals surface area (Å²) in [4.78, 5) is 0. The van der Waals surface area contributed by atoms with Crippen molar-refractivity contribution in [3.63, 3.8) is 0 Å². The third-order valence-corrected chi connectivity index (χ3v) is 13.5. The van der Waals surface area contributed by atoms with Gasteiger partial charge in [0.25, 0.3) is 5.95 Å². The molecule has 12 atom stereocenters. The molecule has 4 heterocycles. The van der Waals surface area contributed by atoms with Crippen LogP contribution in [0.1, 0.15) is 184 Å². The van der Waals surface area contributed by atoms with E-state index in [4.69, 9.17) is 75.8 Å². The molecule has 0 radical (unpaired) electrons. The molecule has 0 aromatic rings. The minimum Gasteiger partial charge on any atom is -0.495 e. The summed E-state index contributed by atoms with van der Waals surface area (Å²) >= 11 is 0. The summed E-state index contributed by atoms with van der Waals surface area (Å²) in [5, 5.41) is 0. The Morgan fingerprint density at radius 3 is 1.59 bits per heavy atom. The Labute approximate surface area is 454 Å². The molecule has 4 rings (SSSR count). The van der Waals surface area contributed by atoms with E-state index >= 15 is 0 Å². The highest BCUT2D eigenvalue weighted by Gasteiger charge is 2.53. The van der Waals surface area contributed by atoms with Gasteiger partial charge in [0.2, 0.25) is 0 Å². The minimum absolute atomic E-state index is 0.250. The van der Waals surface area contributed by atoms with E-state index in [1.807, 2.05) is 12.2 Å². The van der Waals surface area contributed by atoms with Crippen LogP contribution in [-0.4, -0.2) is 160 Å². The van der Waals surface area contributed by atoms with E-state index in [9.17, 15) is 0 Å². The summed E-state index contributed by atoms with van der Waals surface area (Å²) in [6.45, 7) is 25.5. The van der Waals surface area contributed by atoms with Gasteiger partial charge in [-0.15, -0.1) is 0 Å². The molecule has 75 heavy (non-hydrogen) atoms. The van der Waals surface area contributed by atoms with E-state index in [0.717, 1.165) is 116 Å². The van der Waals surface area contributed by atoms with Crippen molar-refractivity contribution >= 4 is 0 Å². The summed E-state index contributed by atoms with van der Waals surface area (Å²) in [6, 6.07) is 0. The van der Waals surface area contributed by atoms with Crippen LogP contribution in [0.25, 0.3) is 0 Å². The normalized spacial score (nSPS) is 28.1. The molecule has 0 aromatic carbocycles. The van der Waals surface area contributed by atoms with Gasteiger partial charge in [-0.3, -0.25) is 0 Å². The zero-order chi connectivity index (χ0) is 53.7. The standard InChI is InChI=1S/C59H106O16/c1-10-19-29-60-41-50-46(63-32-22-13-4)39-48(65-34-24-15-6)58(72-50)75-56-55(68-36-26-17-8)52(43-62-31-21-12-3)73-59(57(56)69-37-27-18-9)71-45-28-38-67-51(42-61-30-20-11-2)54(45)74-53-40-47(64-33-23-14-5)49(44-70-53)66-35-25-16-7/h39-40,44-45,47-48,50-52,54-59H,10-38,41-43H2,1-9H3. The number of hydrogen-bond acceptors (Lipinski definition) is 16. The fourth-order valence-electron chi connectivity index (χ4n) is 8.73. The van der Waals surface area contributed by atoms with Gasteiger partial charge in [-0.25, -0.2) is 0 Å². The predicted octanol–water partition coefficient (Wildman–Crippen LogP) is 11.8. The lowest BCUT2D eigenvalue weighted by Gasteiger charge is -2.49. The highest BCUT2D eigenvalue weighted by atomic mass is 16.8. The predicted molar refractivity (Wildman–Crippen MR) is 289 cm³/mol. The molecule has 0 spiro atoms. The Morgan fingerprint density at radius 1 is 0.453 bits per heavy atom. The van der Waals surface area contributed by atoms with Gasteiger partial charge in [-0.1, -0.05) is 120 Å². The van der Waals surface area contributed by atoms with Crippen LogP contribution in [0, 0.1) is 0 Å². The summed E-state index contributed by atoms with van der Waals surface area (Å²) in [5.41, 5.74) is 0. The van der Waals surface area contributed by atoms with Crippen LogP contribution in [0.15, 0.2) is 35.9 Å². The van der Waals surface area contributed by atoms with Crippen molar-refractivity contribution in [3.05, 3.63) is 35.9 Å². The summed E-state index contributed by atoms with van der Waals surface area (Å²) in [6.07, 6.45) is 15.0. The Morgan fingerprint density at radius 2 is 0.973 bits per heavy atom. The molecule has 0 N–H and O–H groups in total. The topological polar surface area (TPSA) is 148 Å².